The average Bonchev–Trinajstić information content (AvgIpc) is 2.63. The monoisotopic (exact) mass is 334 g/mol. The predicted molar refractivity (Wildman–Crippen MR) is 85.8 cm³/mol. The van der Waals surface area contributed by atoms with Crippen LogP contribution in [0.2, 0.25) is 0 Å². The molecule has 1 aromatic heterocycles. The molecule has 0 radical (unpaired) electrons. The number of ether oxygens (including phenoxy) is 1. The van der Waals surface area contributed by atoms with E-state index in [4.69, 9.17) is 9.84 Å². The van der Waals surface area contributed by atoms with Crippen molar-refractivity contribution < 1.29 is 19.4 Å². The predicted octanol–water partition coefficient (Wildman–Crippen LogP) is 1.00. The molecular weight excluding hydrogens is 312 g/mol. The van der Waals surface area contributed by atoms with Gasteiger partial charge < -0.3 is 20.1 Å². The molecule has 0 aliphatic carbocycles. The lowest BCUT2D eigenvalue weighted by Gasteiger charge is -2.35. The van der Waals surface area contributed by atoms with Gasteiger partial charge in [0.25, 0.3) is 0 Å². The summed E-state index contributed by atoms with van der Waals surface area (Å²) in [6.45, 7) is 2.78. The molecule has 2 aliphatic rings. The molecule has 130 valence electrons. The maximum atomic E-state index is 12.5. The fourth-order valence-corrected chi connectivity index (χ4v) is 3.21. The quantitative estimate of drug-likeness (QED) is 0.846. The van der Waals surface area contributed by atoms with Gasteiger partial charge in [-0.25, -0.2) is 14.8 Å². The molecular formula is C16H22N4O4. The fraction of sp³-hybridized carbons (Fsp3) is 0.625. The van der Waals surface area contributed by atoms with E-state index in [2.05, 4.69) is 15.3 Å². The number of nitrogens with zero attached hydrogens (tertiary/aromatic N) is 3. The average molecular weight is 334 g/mol. The molecule has 3 rings (SSSR count). The van der Waals surface area contributed by atoms with E-state index in [9.17, 15) is 9.59 Å². The first kappa shape index (κ1) is 16.6. The highest BCUT2D eigenvalue weighted by atomic mass is 16.5. The molecule has 2 fully saturated rings. The third-order valence-electron chi connectivity index (χ3n) is 4.62. The number of nitrogens with one attached hydrogen (secondary N) is 1. The molecule has 2 N–H and O–H groups in total. The van der Waals surface area contributed by atoms with E-state index >= 15 is 0 Å². The summed E-state index contributed by atoms with van der Waals surface area (Å²) >= 11 is 0. The van der Waals surface area contributed by atoms with Gasteiger partial charge in [-0.05, 0) is 25.7 Å². The number of aromatic carboxylic acids is 1. The number of likely N-dealkylation sites (tertiary alicyclic amines) is 1. The van der Waals surface area contributed by atoms with Crippen molar-refractivity contribution in [3.8, 4) is 0 Å². The van der Waals surface area contributed by atoms with Gasteiger partial charge in [0.05, 0.1) is 0 Å². The minimum Gasteiger partial charge on any atom is -0.477 e. The summed E-state index contributed by atoms with van der Waals surface area (Å²) in [5, 5.41) is 12.2. The Morgan fingerprint density at radius 2 is 1.88 bits per heavy atom. The van der Waals surface area contributed by atoms with E-state index < -0.39 is 5.97 Å². The number of carbonyl (C=O) groups excluding carboxylic acids is 1. The Morgan fingerprint density at radius 3 is 2.54 bits per heavy atom. The summed E-state index contributed by atoms with van der Waals surface area (Å²) in [4.78, 5) is 33.2. The standard InChI is InChI=1S/C16H22N4O4/c21-15(11-3-7-24-8-4-11)20-5-1-12(2-6-20)19-14-9-13(16(22)23)17-10-18-14/h9-12H,1-8H2,(H,22,23)(H,17,18,19). The molecule has 8 heteroatoms. The van der Waals surface area contributed by atoms with Crippen LogP contribution in [0.1, 0.15) is 36.2 Å². The van der Waals surface area contributed by atoms with E-state index in [0.29, 0.717) is 32.1 Å². The summed E-state index contributed by atoms with van der Waals surface area (Å²) in [7, 11) is 0. The lowest BCUT2D eigenvalue weighted by atomic mass is 9.96. The SMILES string of the molecule is O=C(O)c1cc(NC2CCN(C(=O)C3CCOCC3)CC2)ncn1. The zero-order valence-electron chi connectivity index (χ0n) is 13.5. The normalized spacial score (nSPS) is 19.9. The first-order chi connectivity index (χ1) is 11.6. The van der Waals surface area contributed by atoms with Crippen LogP contribution in [0, 0.1) is 5.92 Å². The Balaban J connectivity index is 1.50. The Morgan fingerprint density at radius 1 is 1.17 bits per heavy atom. The number of amides is 1. The summed E-state index contributed by atoms with van der Waals surface area (Å²) in [6.07, 6.45) is 4.52. The zero-order chi connectivity index (χ0) is 16.9. The molecule has 1 amide bonds. The van der Waals surface area contributed by atoms with Crippen LogP contribution < -0.4 is 5.32 Å². The van der Waals surface area contributed by atoms with Gasteiger partial charge in [-0.2, -0.15) is 0 Å². The second-order valence-corrected chi connectivity index (χ2v) is 6.22. The second-order valence-electron chi connectivity index (χ2n) is 6.22. The highest BCUT2D eigenvalue weighted by Gasteiger charge is 2.29. The van der Waals surface area contributed by atoms with E-state index in [1.807, 2.05) is 4.90 Å². The smallest absolute Gasteiger partial charge is 0.354 e. The minimum absolute atomic E-state index is 0.0281. The van der Waals surface area contributed by atoms with Crippen LogP contribution in [-0.4, -0.2) is 64.2 Å². The molecule has 0 unspecified atom stereocenters. The van der Waals surface area contributed by atoms with Crippen LogP contribution in [0.5, 0.6) is 0 Å². The van der Waals surface area contributed by atoms with Crippen LogP contribution in [0.25, 0.3) is 0 Å². The minimum atomic E-state index is -1.07. The van der Waals surface area contributed by atoms with Gasteiger partial charge in [-0.15, -0.1) is 0 Å². The van der Waals surface area contributed by atoms with Gasteiger partial charge in [0.15, 0.2) is 5.69 Å². The Hall–Kier alpha value is -2.22. The highest BCUT2D eigenvalue weighted by Crippen LogP contribution is 2.21. The van der Waals surface area contributed by atoms with Crippen LogP contribution >= 0.6 is 0 Å². The number of carbonyl (C=O) groups is 2. The van der Waals surface area contributed by atoms with Gasteiger partial charge in [-0.1, -0.05) is 0 Å². The highest BCUT2D eigenvalue weighted by molar-refractivity contribution is 5.86. The Labute approximate surface area is 140 Å². The number of aromatic nitrogens is 2. The third kappa shape index (κ3) is 4.00. The zero-order valence-corrected chi connectivity index (χ0v) is 13.5. The Kier molecular flexibility index (Phi) is 5.24. The number of hydrogen-bond donors (Lipinski definition) is 2. The maximum Gasteiger partial charge on any atom is 0.354 e. The maximum absolute atomic E-state index is 12.5. The van der Waals surface area contributed by atoms with Crippen molar-refractivity contribution in [2.45, 2.75) is 31.7 Å². The van der Waals surface area contributed by atoms with E-state index in [-0.39, 0.29) is 23.6 Å². The molecule has 1 aromatic rings. The van der Waals surface area contributed by atoms with Crippen molar-refractivity contribution in [2.75, 3.05) is 31.6 Å². The molecule has 0 spiro atoms. The number of carboxylic acid groups (broad SMARTS) is 1. The lowest BCUT2D eigenvalue weighted by molar-refractivity contribution is -0.139. The van der Waals surface area contributed by atoms with E-state index in [1.165, 1.54) is 12.4 Å². The molecule has 3 heterocycles. The van der Waals surface area contributed by atoms with Crippen molar-refractivity contribution in [1.82, 2.24) is 14.9 Å². The molecule has 8 nitrogen and oxygen atoms in total. The number of carboxylic acids is 1. The van der Waals surface area contributed by atoms with Gasteiger partial charge in [0, 0.05) is 44.3 Å². The van der Waals surface area contributed by atoms with Gasteiger partial charge in [0.2, 0.25) is 5.91 Å². The number of piperidine rings is 1. The van der Waals surface area contributed by atoms with E-state index in [1.54, 1.807) is 0 Å². The summed E-state index contributed by atoms with van der Waals surface area (Å²) < 4.78 is 5.31. The summed E-state index contributed by atoms with van der Waals surface area (Å²) in [5.41, 5.74) is -0.0281. The van der Waals surface area contributed by atoms with E-state index in [0.717, 1.165) is 25.7 Å². The molecule has 0 saturated carbocycles. The van der Waals surface area contributed by atoms with Crippen molar-refractivity contribution in [1.29, 1.82) is 0 Å². The van der Waals surface area contributed by atoms with Crippen molar-refractivity contribution in [2.24, 2.45) is 5.92 Å². The first-order valence-electron chi connectivity index (χ1n) is 8.32. The van der Waals surface area contributed by atoms with Gasteiger partial charge in [0.1, 0.15) is 12.1 Å². The number of hydrogen-bond acceptors (Lipinski definition) is 6. The van der Waals surface area contributed by atoms with Gasteiger partial charge >= 0.3 is 5.97 Å². The Bertz CT molecular complexity index is 595. The topological polar surface area (TPSA) is 105 Å². The fourth-order valence-electron chi connectivity index (χ4n) is 3.21. The van der Waals surface area contributed by atoms with Crippen LogP contribution in [0.4, 0.5) is 5.82 Å². The molecule has 2 saturated heterocycles. The van der Waals surface area contributed by atoms with Crippen molar-refractivity contribution in [3.63, 3.8) is 0 Å². The molecule has 0 atom stereocenters. The number of rotatable bonds is 4. The molecule has 24 heavy (non-hydrogen) atoms. The summed E-state index contributed by atoms with van der Waals surface area (Å²) in [5.74, 6) is -0.218. The second kappa shape index (κ2) is 7.57. The molecule has 0 bridgehead atoms. The third-order valence-corrected chi connectivity index (χ3v) is 4.62. The largest absolute Gasteiger partial charge is 0.477 e. The first-order valence-corrected chi connectivity index (χ1v) is 8.32. The molecule has 2 aliphatic heterocycles. The van der Waals surface area contributed by atoms with Crippen LogP contribution in [-0.2, 0) is 9.53 Å². The van der Waals surface area contributed by atoms with Gasteiger partial charge in [-0.3, -0.25) is 4.79 Å². The van der Waals surface area contributed by atoms with Crippen LogP contribution in [0.15, 0.2) is 12.4 Å². The summed E-state index contributed by atoms with van der Waals surface area (Å²) in [6, 6.07) is 1.61. The molecule has 0 aromatic carbocycles. The van der Waals surface area contributed by atoms with Crippen molar-refractivity contribution in [3.05, 3.63) is 18.1 Å². The van der Waals surface area contributed by atoms with Crippen LogP contribution in [0.3, 0.4) is 0 Å². The number of anilines is 1. The lowest BCUT2D eigenvalue weighted by Crippen LogP contribution is -2.45. The van der Waals surface area contributed by atoms with Crippen molar-refractivity contribution >= 4 is 17.7 Å².